The van der Waals surface area contributed by atoms with Crippen molar-refractivity contribution in [2.24, 2.45) is 4.99 Å². The van der Waals surface area contributed by atoms with Gasteiger partial charge in [-0.25, -0.2) is 4.99 Å². The van der Waals surface area contributed by atoms with Gasteiger partial charge in [-0.05, 0) is 56.5 Å². The van der Waals surface area contributed by atoms with Crippen LogP contribution in [-0.4, -0.2) is 16.5 Å². The third-order valence-electron chi connectivity index (χ3n) is 4.36. The number of nitrogens with zero attached hydrogens (tertiary/aromatic N) is 3. The van der Waals surface area contributed by atoms with E-state index in [0.717, 1.165) is 12.1 Å². The van der Waals surface area contributed by atoms with E-state index in [0.29, 0.717) is 11.9 Å². The highest BCUT2D eigenvalue weighted by molar-refractivity contribution is 5.94. The Morgan fingerprint density at radius 3 is 2.61 bits per heavy atom. The van der Waals surface area contributed by atoms with E-state index in [1.807, 2.05) is 57.6 Å². The summed E-state index contributed by atoms with van der Waals surface area (Å²) in [7, 11) is 0. The first-order valence-corrected chi connectivity index (χ1v) is 9.95. The van der Waals surface area contributed by atoms with Gasteiger partial charge >= 0.3 is 0 Å². The molecule has 0 saturated heterocycles. The third-order valence-corrected chi connectivity index (χ3v) is 4.36. The molecule has 0 radical (unpaired) electrons. The standard InChI is InChI=1S/C23H31N5/c1-5-6-7-13-21(19-11-9-14-25-16-19)18-10-8-12-20(15-18)27-22(26-17-24)28-23(2,3)4/h8-12,14-16,21H,5-7,13H2,1-4H3,(H2,26,27,28)/t21-/m0/s1. The molecule has 0 aliphatic carbocycles. The largest absolute Gasteiger partial charge is 0.326 e. The van der Waals surface area contributed by atoms with Gasteiger partial charge in [0.2, 0.25) is 5.96 Å². The van der Waals surface area contributed by atoms with E-state index in [1.165, 1.54) is 30.4 Å². The lowest BCUT2D eigenvalue weighted by molar-refractivity contribution is 0.581. The maximum absolute atomic E-state index is 9.03. The lowest BCUT2D eigenvalue weighted by atomic mass is 9.87. The highest BCUT2D eigenvalue weighted by Gasteiger charge is 2.15. The van der Waals surface area contributed by atoms with Crippen molar-refractivity contribution in [3.8, 4) is 6.19 Å². The first-order valence-electron chi connectivity index (χ1n) is 9.95. The molecule has 1 heterocycles. The zero-order valence-electron chi connectivity index (χ0n) is 17.4. The summed E-state index contributed by atoms with van der Waals surface area (Å²) >= 11 is 0. The second-order valence-electron chi connectivity index (χ2n) is 7.95. The number of benzene rings is 1. The molecular formula is C23H31N5. The molecule has 5 nitrogen and oxygen atoms in total. The van der Waals surface area contributed by atoms with Gasteiger partial charge in [-0.1, -0.05) is 44.4 Å². The summed E-state index contributed by atoms with van der Waals surface area (Å²) in [6.07, 6.45) is 10.4. The Morgan fingerprint density at radius 1 is 1.18 bits per heavy atom. The number of guanidine groups is 1. The molecule has 1 aromatic heterocycles. The van der Waals surface area contributed by atoms with Gasteiger partial charge in [0.15, 0.2) is 6.19 Å². The lowest BCUT2D eigenvalue weighted by Gasteiger charge is -2.20. The number of nitrogens with one attached hydrogen (secondary N) is 2. The van der Waals surface area contributed by atoms with Crippen LogP contribution in [0.1, 0.15) is 70.4 Å². The van der Waals surface area contributed by atoms with E-state index in [-0.39, 0.29) is 5.54 Å². The predicted octanol–water partition coefficient (Wildman–Crippen LogP) is 5.43. The minimum atomic E-state index is -0.289. The fourth-order valence-electron chi connectivity index (χ4n) is 3.15. The van der Waals surface area contributed by atoms with E-state index in [2.05, 4.69) is 45.7 Å². The molecule has 2 rings (SSSR count). The molecule has 0 amide bonds. The smallest absolute Gasteiger partial charge is 0.209 e. The topological polar surface area (TPSA) is 73.1 Å². The monoisotopic (exact) mass is 377 g/mol. The Hall–Kier alpha value is -2.87. The molecule has 5 heteroatoms. The fourth-order valence-corrected chi connectivity index (χ4v) is 3.15. The number of rotatable bonds is 7. The van der Waals surface area contributed by atoms with Crippen molar-refractivity contribution in [1.29, 1.82) is 5.26 Å². The minimum Gasteiger partial charge on any atom is -0.326 e. The van der Waals surface area contributed by atoms with Gasteiger partial charge in [0.25, 0.3) is 0 Å². The summed E-state index contributed by atoms with van der Waals surface area (Å²) in [4.78, 5) is 8.86. The van der Waals surface area contributed by atoms with Crippen molar-refractivity contribution >= 4 is 11.6 Å². The second-order valence-corrected chi connectivity index (χ2v) is 7.95. The number of nitriles is 1. The van der Waals surface area contributed by atoms with Crippen LogP contribution < -0.4 is 10.6 Å². The first kappa shape index (κ1) is 21.4. The highest BCUT2D eigenvalue weighted by Crippen LogP contribution is 2.31. The summed E-state index contributed by atoms with van der Waals surface area (Å²) in [5.41, 5.74) is 3.09. The summed E-state index contributed by atoms with van der Waals surface area (Å²) in [5, 5.41) is 14.9. The van der Waals surface area contributed by atoms with Crippen molar-refractivity contribution in [2.45, 2.75) is 64.8 Å². The molecule has 0 unspecified atom stereocenters. The molecule has 0 bridgehead atoms. The van der Waals surface area contributed by atoms with Gasteiger partial charge in [0, 0.05) is 24.0 Å². The molecule has 1 atom stereocenters. The normalized spacial score (nSPS) is 12.9. The van der Waals surface area contributed by atoms with Crippen molar-refractivity contribution in [3.63, 3.8) is 0 Å². The maximum Gasteiger partial charge on any atom is 0.209 e. The van der Waals surface area contributed by atoms with Crippen molar-refractivity contribution in [1.82, 2.24) is 10.3 Å². The van der Waals surface area contributed by atoms with Gasteiger partial charge < -0.3 is 5.32 Å². The average molecular weight is 378 g/mol. The predicted molar refractivity (Wildman–Crippen MR) is 116 cm³/mol. The SMILES string of the molecule is CCCCC[C@H](c1cccnc1)c1cccc(NC(=NC(C)(C)C)NC#N)c1. The Balaban J connectivity index is 2.29. The van der Waals surface area contributed by atoms with Crippen LogP contribution in [0.5, 0.6) is 0 Å². The van der Waals surface area contributed by atoms with Gasteiger partial charge in [-0.15, -0.1) is 0 Å². The quantitative estimate of drug-likeness (QED) is 0.222. The number of pyridine rings is 1. The Morgan fingerprint density at radius 2 is 1.96 bits per heavy atom. The summed E-state index contributed by atoms with van der Waals surface area (Å²) in [5.74, 6) is 0.755. The summed E-state index contributed by atoms with van der Waals surface area (Å²) in [6.45, 7) is 8.21. The Labute approximate surface area is 168 Å². The van der Waals surface area contributed by atoms with Gasteiger partial charge in [0.1, 0.15) is 0 Å². The zero-order valence-corrected chi connectivity index (χ0v) is 17.4. The van der Waals surface area contributed by atoms with Crippen LogP contribution in [0.4, 0.5) is 5.69 Å². The van der Waals surface area contributed by atoms with Crippen LogP contribution in [-0.2, 0) is 0 Å². The van der Waals surface area contributed by atoms with Crippen LogP contribution in [0.25, 0.3) is 0 Å². The Bertz CT molecular complexity index is 800. The van der Waals surface area contributed by atoms with Crippen LogP contribution >= 0.6 is 0 Å². The van der Waals surface area contributed by atoms with Crippen LogP contribution in [0.2, 0.25) is 0 Å². The number of aliphatic imine (C=N–C) groups is 1. The molecule has 1 aromatic carbocycles. The Kier molecular flexibility index (Phi) is 8.01. The van der Waals surface area contributed by atoms with Gasteiger partial charge in [-0.3, -0.25) is 10.3 Å². The number of hydrogen-bond acceptors (Lipinski definition) is 3. The van der Waals surface area contributed by atoms with Crippen LogP contribution in [0.3, 0.4) is 0 Å². The van der Waals surface area contributed by atoms with Crippen molar-refractivity contribution in [2.75, 3.05) is 5.32 Å². The number of anilines is 1. The number of unbranched alkanes of at least 4 members (excludes halogenated alkanes) is 2. The van der Waals surface area contributed by atoms with E-state index in [1.54, 1.807) is 0 Å². The highest BCUT2D eigenvalue weighted by atomic mass is 15.2. The second kappa shape index (κ2) is 10.5. The average Bonchev–Trinajstić information content (AvgIpc) is 2.65. The molecule has 0 aliphatic rings. The number of aromatic nitrogens is 1. The minimum absolute atomic E-state index is 0.289. The van der Waals surface area contributed by atoms with Crippen LogP contribution in [0.15, 0.2) is 53.8 Å². The van der Waals surface area contributed by atoms with Crippen molar-refractivity contribution < 1.29 is 0 Å². The molecule has 148 valence electrons. The molecule has 2 aromatic rings. The van der Waals surface area contributed by atoms with Crippen LogP contribution in [0, 0.1) is 11.5 Å². The van der Waals surface area contributed by atoms with Gasteiger partial charge in [-0.2, -0.15) is 5.26 Å². The van der Waals surface area contributed by atoms with Crippen molar-refractivity contribution in [3.05, 3.63) is 59.9 Å². The number of hydrogen-bond donors (Lipinski definition) is 2. The van der Waals surface area contributed by atoms with E-state index in [9.17, 15) is 0 Å². The molecule has 28 heavy (non-hydrogen) atoms. The third kappa shape index (κ3) is 7.03. The molecule has 0 fully saturated rings. The summed E-state index contributed by atoms with van der Waals surface area (Å²) < 4.78 is 0. The first-order chi connectivity index (χ1) is 13.4. The molecule has 2 N–H and O–H groups in total. The lowest BCUT2D eigenvalue weighted by Crippen LogP contribution is -2.30. The van der Waals surface area contributed by atoms with E-state index >= 15 is 0 Å². The molecular weight excluding hydrogens is 346 g/mol. The van der Waals surface area contributed by atoms with E-state index < -0.39 is 0 Å². The molecule has 0 saturated carbocycles. The zero-order chi connectivity index (χ0) is 20.4. The molecule has 0 aliphatic heterocycles. The van der Waals surface area contributed by atoms with Gasteiger partial charge in [0.05, 0.1) is 5.54 Å². The molecule has 0 spiro atoms. The maximum atomic E-state index is 9.03. The summed E-state index contributed by atoms with van der Waals surface area (Å²) in [6, 6.07) is 12.5. The fraction of sp³-hybridized carbons (Fsp3) is 0.435. The van der Waals surface area contributed by atoms with E-state index in [4.69, 9.17) is 5.26 Å².